The van der Waals surface area contributed by atoms with E-state index in [2.05, 4.69) is 5.32 Å². The van der Waals surface area contributed by atoms with E-state index in [0.717, 1.165) is 21.0 Å². The van der Waals surface area contributed by atoms with Gasteiger partial charge in [0.15, 0.2) is 0 Å². The molecule has 0 saturated heterocycles. The molecule has 0 aliphatic heterocycles. The van der Waals surface area contributed by atoms with Crippen LogP contribution in [0, 0.1) is 12.8 Å². The lowest BCUT2D eigenvalue weighted by molar-refractivity contribution is -0.140. The molecular weight excluding hydrogens is 598 g/mol. The van der Waals surface area contributed by atoms with Crippen molar-refractivity contribution in [1.82, 2.24) is 10.2 Å². The van der Waals surface area contributed by atoms with Crippen LogP contribution in [0.4, 0.5) is 5.69 Å². The van der Waals surface area contributed by atoms with E-state index in [0.29, 0.717) is 18.9 Å². The van der Waals surface area contributed by atoms with Crippen molar-refractivity contribution in [3.05, 3.63) is 126 Å². The first-order chi connectivity index (χ1) is 22.1. The smallest absolute Gasteiger partial charge is 0.264 e. The molecule has 0 aliphatic rings. The van der Waals surface area contributed by atoms with Crippen molar-refractivity contribution in [2.24, 2.45) is 5.92 Å². The van der Waals surface area contributed by atoms with Crippen LogP contribution in [-0.2, 0) is 32.6 Å². The van der Waals surface area contributed by atoms with Crippen LogP contribution in [0.2, 0.25) is 0 Å². The van der Waals surface area contributed by atoms with Gasteiger partial charge in [-0.3, -0.25) is 13.9 Å². The van der Waals surface area contributed by atoms with Gasteiger partial charge < -0.3 is 15.0 Å². The molecule has 0 unspecified atom stereocenters. The standard InChI is InChI=1S/C37H43N3O5S/c1-5-45-35-23-15-14-22-33(35)40(46(43,44)32-20-10-7-11-21-32)27-36(41)39(26-31-19-13-12-16-29(31)4)34(37(42)38-25-28(2)3)24-30-17-8-6-9-18-30/h6-23,28,34H,5,24-27H2,1-4H3,(H,38,42)/t34-/m0/s1. The van der Waals surface area contributed by atoms with Gasteiger partial charge in [0.25, 0.3) is 10.0 Å². The van der Waals surface area contributed by atoms with Crippen molar-refractivity contribution >= 4 is 27.5 Å². The molecule has 0 aliphatic carbocycles. The Hall–Kier alpha value is -4.63. The molecule has 9 heteroatoms. The van der Waals surface area contributed by atoms with Gasteiger partial charge in [-0.1, -0.05) is 98.8 Å². The maximum Gasteiger partial charge on any atom is 0.264 e. The molecule has 4 aromatic rings. The van der Waals surface area contributed by atoms with Gasteiger partial charge in [0.2, 0.25) is 11.8 Å². The maximum atomic E-state index is 14.7. The Morgan fingerprint density at radius 2 is 1.43 bits per heavy atom. The molecule has 2 amide bonds. The van der Waals surface area contributed by atoms with E-state index in [9.17, 15) is 18.0 Å². The topological polar surface area (TPSA) is 96.0 Å². The number of sulfonamides is 1. The number of nitrogens with one attached hydrogen (secondary N) is 1. The summed E-state index contributed by atoms with van der Waals surface area (Å²) in [4.78, 5) is 30.1. The van der Waals surface area contributed by atoms with E-state index in [-0.39, 0.29) is 35.4 Å². The Morgan fingerprint density at radius 3 is 2.09 bits per heavy atom. The van der Waals surface area contributed by atoms with Crippen LogP contribution in [0.15, 0.2) is 114 Å². The second kappa shape index (κ2) is 16.1. The predicted molar refractivity (Wildman–Crippen MR) is 182 cm³/mol. The molecule has 0 radical (unpaired) electrons. The molecule has 242 valence electrons. The minimum absolute atomic E-state index is 0.0371. The molecule has 0 fully saturated rings. The first kappa shape index (κ1) is 34.2. The van der Waals surface area contributed by atoms with Crippen molar-refractivity contribution in [2.45, 2.75) is 51.6 Å². The molecule has 8 nitrogen and oxygen atoms in total. The number of rotatable bonds is 15. The Bertz CT molecular complexity index is 1690. The van der Waals surface area contributed by atoms with E-state index >= 15 is 0 Å². The van der Waals surface area contributed by atoms with Crippen molar-refractivity contribution in [1.29, 1.82) is 0 Å². The summed E-state index contributed by atoms with van der Waals surface area (Å²) in [5, 5.41) is 3.02. The zero-order chi connectivity index (χ0) is 33.1. The van der Waals surface area contributed by atoms with Crippen LogP contribution in [0.1, 0.15) is 37.5 Å². The number of hydrogen-bond donors (Lipinski definition) is 1. The summed E-state index contributed by atoms with van der Waals surface area (Å²) in [7, 11) is -4.23. The van der Waals surface area contributed by atoms with Gasteiger partial charge in [0.05, 0.1) is 17.2 Å². The minimum atomic E-state index is -4.23. The zero-order valence-electron chi connectivity index (χ0n) is 26.9. The second-order valence-electron chi connectivity index (χ2n) is 11.5. The Kier molecular flexibility index (Phi) is 12.0. The highest BCUT2D eigenvalue weighted by atomic mass is 32.2. The third-order valence-electron chi connectivity index (χ3n) is 7.60. The molecule has 1 N–H and O–H groups in total. The lowest BCUT2D eigenvalue weighted by Gasteiger charge is -2.34. The number of aryl methyl sites for hydroxylation is 1. The molecular formula is C37H43N3O5S. The zero-order valence-corrected chi connectivity index (χ0v) is 27.7. The summed E-state index contributed by atoms with van der Waals surface area (Å²) < 4.78 is 35.4. The number of ether oxygens (including phenoxy) is 1. The first-order valence-corrected chi connectivity index (χ1v) is 17.0. The highest BCUT2D eigenvalue weighted by Gasteiger charge is 2.35. The molecule has 46 heavy (non-hydrogen) atoms. The quantitative estimate of drug-likeness (QED) is 0.172. The predicted octanol–water partition coefficient (Wildman–Crippen LogP) is 6.00. The van der Waals surface area contributed by atoms with E-state index in [1.54, 1.807) is 42.5 Å². The van der Waals surface area contributed by atoms with Crippen molar-refractivity contribution in [2.75, 3.05) is 24.0 Å². The summed E-state index contributed by atoms with van der Waals surface area (Å²) in [5.74, 6) is -0.289. The number of benzene rings is 4. The molecule has 0 spiro atoms. The minimum Gasteiger partial charge on any atom is -0.492 e. The molecule has 0 saturated carbocycles. The lowest BCUT2D eigenvalue weighted by atomic mass is 10.0. The number of para-hydroxylation sites is 2. The van der Waals surface area contributed by atoms with E-state index in [4.69, 9.17) is 4.74 Å². The van der Waals surface area contributed by atoms with Gasteiger partial charge >= 0.3 is 0 Å². The summed E-state index contributed by atoms with van der Waals surface area (Å²) >= 11 is 0. The molecule has 0 aromatic heterocycles. The number of amides is 2. The van der Waals surface area contributed by atoms with E-state index in [1.807, 2.05) is 82.3 Å². The van der Waals surface area contributed by atoms with Crippen molar-refractivity contribution in [3.63, 3.8) is 0 Å². The Morgan fingerprint density at radius 1 is 0.826 bits per heavy atom. The third kappa shape index (κ3) is 8.75. The number of carbonyl (C=O) groups is 2. The van der Waals surface area contributed by atoms with Crippen molar-refractivity contribution in [3.8, 4) is 5.75 Å². The second-order valence-corrected chi connectivity index (χ2v) is 13.4. The van der Waals surface area contributed by atoms with Crippen LogP contribution in [0.5, 0.6) is 5.75 Å². The highest BCUT2D eigenvalue weighted by molar-refractivity contribution is 7.92. The van der Waals surface area contributed by atoms with Gasteiger partial charge in [0, 0.05) is 19.5 Å². The summed E-state index contributed by atoms with van der Waals surface area (Å²) in [6.45, 7) is 8.08. The van der Waals surface area contributed by atoms with Gasteiger partial charge in [-0.25, -0.2) is 8.42 Å². The molecule has 0 bridgehead atoms. The fourth-order valence-corrected chi connectivity index (χ4v) is 6.57. The van der Waals surface area contributed by atoms with Crippen LogP contribution in [0.25, 0.3) is 0 Å². The van der Waals surface area contributed by atoms with Crippen molar-refractivity contribution < 1.29 is 22.7 Å². The average molecular weight is 642 g/mol. The molecule has 4 rings (SSSR count). The largest absolute Gasteiger partial charge is 0.492 e. The first-order valence-electron chi connectivity index (χ1n) is 15.6. The van der Waals surface area contributed by atoms with E-state index < -0.39 is 28.5 Å². The van der Waals surface area contributed by atoms with Gasteiger partial charge in [-0.05, 0) is 60.7 Å². The SMILES string of the molecule is CCOc1ccccc1N(CC(=O)N(Cc1ccccc1C)[C@@H](Cc1ccccc1)C(=O)NCC(C)C)S(=O)(=O)c1ccccc1. The van der Waals surface area contributed by atoms with Crippen LogP contribution >= 0.6 is 0 Å². The number of nitrogens with zero attached hydrogens (tertiary/aromatic N) is 2. The highest BCUT2D eigenvalue weighted by Crippen LogP contribution is 2.33. The molecule has 1 atom stereocenters. The fourth-order valence-electron chi connectivity index (χ4n) is 5.12. The summed E-state index contributed by atoms with van der Waals surface area (Å²) in [5.41, 5.74) is 2.93. The van der Waals surface area contributed by atoms with Gasteiger partial charge in [0.1, 0.15) is 18.3 Å². The average Bonchev–Trinajstić information content (AvgIpc) is 3.06. The van der Waals surface area contributed by atoms with E-state index in [1.165, 1.54) is 17.0 Å². The van der Waals surface area contributed by atoms with Gasteiger partial charge in [-0.2, -0.15) is 0 Å². The Labute approximate surface area is 273 Å². The summed E-state index contributed by atoms with van der Waals surface area (Å²) in [6.07, 6.45) is 0.253. The maximum absolute atomic E-state index is 14.7. The normalized spacial score (nSPS) is 11.9. The van der Waals surface area contributed by atoms with Crippen LogP contribution in [-0.4, -0.2) is 50.9 Å². The monoisotopic (exact) mass is 641 g/mol. The van der Waals surface area contributed by atoms with Gasteiger partial charge in [-0.15, -0.1) is 0 Å². The number of carbonyl (C=O) groups excluding carboxylic acids is 2. The van der Waals surface area contributed by atoms with Crippen LogP contribution < -0.4 is 14.4 Å². The number of anilines is 1. The molecule has 4 aromatic carbocycles. The van der Waals surface area contributed by atoms with Crippen LogP contribution in [0.3, 0.4) is 0 Å². The lowest BCUT2D eigenvalue weighted by Crippen LogP contribution is -2.53. The summed E-state index contributed by atoms with van der Waals surface area (Å²) in [6, 6.07) is 31.1. The fraction of sp³-hybridized carbons (Fsp3) is 0.297. The number of hydrogen-bond acceptors (Lipinski definition) is 5. The third-order valence-corrected chi connectivity index (χ3v) is 9.38. The molecule has 0 heterocycles. The Balaban J connectivity index is 1.83.